The van der Waals surface area contributed by atoms with E-state index in [2.05, 4.69) is 30.2 Å². The average Bonchev–Trinajstić information content (AvgIpc) is 2.65. The van der Waals surface area contributed by atoms with Gasteiger partial charge in [-0.25, -0.2) is 4.98 Å². The first kappa shape index (κ1) is 13.5. The van der Waals surface area contributed by atoms with Gasteiger partial charge < -0.3 is 5.32 Å². The molecule has 0 saturated heterocycles. The fourth-order valence-electron chi connectivity index (χ4n) is 1.88. The lowest BCUT2D eigenvalue weighted by atomic mass is 10.1. The van der Waals surface area contributed by atoms with Crippen molar-refractivity contribution in [3.63, 3.8) is 0 Å². The number of benzene rings is 1. The van der Waals surface area contributed by atoms with Gasteiger partial charge in [0.15, 0.2) is 0 Å². The minimum absolute atomic E-state index is 0.283. The minimum Gasteiger partial charge on any atom is -0.305 e. The Morgan fingerprint density at radius 2 is 2.17 bits per heavy atom. The lowest BCUT2D eigenvalue weighted by Crippen LogP contribution is -2.17. The highest BCUT2D eigenvalue weighted by Crippen LogP contribution is 2.20. The molecule has 0 aliphatic rings. The number of hydrogen-bond donors (Lipinski definition) is 1. The van der Waals surface area contributed by atoms with E-state index in [4.69, 9.17) is 11.6 Å². The van der Waals surface area contributed by atoms with Crippen molar-refractivity contribution in [2.45, 2.75) is 33.4 Å². The summed E-state index contributed by atoms with van der Waals surface area (Å²) < 4.78 is 0. The van der Waals surface area contributed by atoms with Crippen LogP contribution in [0.25, 0.3) is 0 Å². The highest BCUT2D eigenvalue weighted by Gasteiger charge is 2.08. The molecule has 1 heterocycles. The summed E-state index contributed by atoms with van der Waals surface area (Å²) in [5.74, 6) is 0. The number of aryl methyl sites for hydroxylation is 2. The van der Waals surface area contributed by atoms with Gasteiger partial charge in [-0.1, -0.05) is 23.7 Å². The molecule has 2 nitrogen and oxygen atoms in total. The maximum atomic E-state index is 6.00. The molecule has 0 spiro atoms. The van der Waals surface area contributed by atoms with E-state index in [1.807, 2.05) is 25.1 Å². The van der Waals surface area contributed by atoms with Gasteiger partial charge in [-0.2, -0.15) is 0 Å². The van der Waals surface area contributed by atoms with Gasteiger partial charge in [0.25, 0.3) is 0 Å². The van der Waals surface area contributed by atoms with Crippen molar-refractivity contribution in [3.8, 4) is 0 Å². The van der Waals surface area contributed by atoms with Gasteiger partial charge in [-0.3, -0.25) is 0 Å². The number of nitrogens with zero attached hydrogens (tertiary/aromatic N) is 1. The highest BCUT2D eigenvalue weighted by molar-refractivity contribution is 7.11. The summed E-state index contributed by atoms with van der Waals surface area (Å²) in [5.41, 5.74) is 2.34. The summed E-state index contributed by atoms with van der Waals surface area (Å²) in [4.78, 5) is 5.74. The summed E-state index contributed by atoms with van der Waals surface area (Å²) in [6.45, 7) is 7.10. The number of halogens is 1. The van der Waals surface area contributed by atoms with Gasteiger partial charge in [-0.15, -0.1) is 11.3 Å². The van der Waals surface area contributed by atoms with E-state index in [1.54, 1.807) is 11.3 Å². The third kappa shape index (κ3) is 3.31. The Labute approximate surface area is 117 Å². The maximum absolute atomic E-state index is 6.00. The lowest BCUT2D eigenvalue weighted by molar-refractivity contribution is 0.577. The number of nitrogens with one attached hydrogen (secondary N) is 1. The van der Waals surface area contributed by atoms with Crippen LogP contribution in [0.4, 0.5) is 0 Å². The van der Waals surface area contributed by atoms with Crippen molar-refractivity contribution >= 4 is 22.9 Å². The van der Waals surface area contributed by atoms with Gasteiger partial charge in [-0.05, 0) is 38.5 Å². The lowest BCUT2D eigenvalue weighted by Gasteiger charge is -2.14. The fraction of sp³-hybridized carbons (Fsp3) is 0.357. The summed E-state index contributed by atoms with van der Waals surface area (Å²) in [6, 6.07) is 8.26. The predicted molar refractivity (Wildman–Crippen MR) is 78.3 cm³/mol. The van der Waals surface area contributed by atoms with Crippen molar-refractivity contribution in [2.75, 3.05) is 0 Å². The molecular weight excluding hydrogens is 264 g/mol. The van der Waals surface area contributed by atoms with E-state index in [1.165, 1.54) is 10.4 Å². The zero-order valence-corrected chi connectivity index (χ0v) is 12.4. The van der Waals surface area contributed by atoms with Crippen LogP contribution in [0.15, 0.2) is 24.3 Å². The molecule has 0 aliphatic heterocycles. The summed E-state index contributed by atoms with van der Waals surface area (Å²) >= 11 is 7.75. The number of thiazole rings is 1. The molecule has 0 fully saturated rings. The van der Waals surface area contributed by atoms with E-state index in [-0.39, 0.29) is 6.04 Å². The molecule has 0 amide bonds. The van der Waals surface area contributed by atoms with E-state index >= 15 is 0 Å². The quantitative estimate of drug-likeness (QED) is 0.905. The molecule has 0 unspecified atom stereocenters. The molecule has 1 aromatic heterocycles. The average molecular weight is 281 g/mol. The molecule has 2 aromatic rings. The second-order valence-corrected chi connectivity index (χ2v) is 6.12. The standard InChI is InChI=1S/C14H17ClN2S/c1-9(12-5-4-6-13(15)7-12)16-8-14-10(2)17-11(3)18-14/h4-7,9,16H,8H2,1-3H3/t9-/m1/s1. The third-order valence-corrected chi connectivity index (χ3v) is 4.23. The van der Waals surface area contributed by atoms with Crippen LogP contribution in [0.1, 0.15) is 34.1 Å². The monoisotopic (exact) mass is 280 g/mol. The summed E-state index contributed by atoms with van der Waals surface area (Å²) in [7, 11) is 0. The van der Waals surface area contributed by atoms with Crippen LogP contribution >= 0.6 is 22.9 Å². The second kappa shape index (κ2) is 5.83. The largest absolute Gasteiger partial charge is 0.305 e. The smallest absolute Gasteiger partial charge is 0.0900 e. The SMILES string of the molecule is Cc1nc(C)c(CN[C@H](C)c2cccc(Cl)c2)s1. The van der Waals surface area contributed by atoms with Crippen molar-refractivity contribution in [1.29, 1.82) is 0 Å². The van der Waals surface area contributed by atoms with Crippen LogP contribution in [0.3, 0.4) is 0 Å². The molecule has 0 saturated carbocycles. The van der Waals surface area contributed by atoms with E-state index in [0.717, 1.165) is 22.3 Å². The minimum atomic E-state index is 0.283. The zero-order chi connectivity index (χ0) is 13.1. The van der Waals surface area contributed by atoms with Crippen molar-refractivity contribution in [3.05, 3.63) is 50.4 Å². The van der Waals surface area contributed by atoms with E-state index < -0.39 is 0 Å². The molecule has 2 rings (SSSR count). The van der Waals surface area contributed by atoms with Crippen molar-refractivity contribution < 1.29 is 0 Å². The first-order valence-electron chi connectivity index (χ1n) is 5.98. The van der Waals surface area contributed by atoms with Gasteiger partial charge >= 0.3 is 0 Å². The molecular formula is C14H17ClN2S. The number of aromatic nitrogens is 1. The second-order valence-electron chi connectivity index (χ2n) is 4.40. The van der Waals surface area contributed by atoms with Gasteiger partial charge in [0.2, 0.25) is 0 Å². The first-order chi connectivity index (χ1) is 8.56. The highest BCUT2D eigenvalue weighted by atomic mass is 35.5. The molecule has 18 heavy (non-hydrogen) atoms. The Kier molecular flexibility index (Phi) is 4.38. The van der Waals surface area contributed by atoms with Crippen LogP contribution in [-0.4, -0.2) is 4.98 Å². The Bertz CT molecular complexity index is 536. The Morgan fingerprint density at radius 1 is 1.39 bits per heavy atom. The molecule has 1 N–H and O–H groups in total. The first-order valence-corrected chi connectivity index (χ1v) is 7.17. The topological polar surface area (TPSA) is 24.9 Å². The third-order valence-electron chi connectivity index (χ3n) is 2.92. The van der Waals surface area contributed by atoms with Crippen LogP contribution in [0.5, 0.6) is 0 Å². The fourth-order valence-corrected chi connectivity index (χ4v) is 2.96. The molecule has 0 aliphatic carbocycles. The van der Waals surface area contributed by atoms with Gasteiger partial charge in [0.1, 0.15) is 0 Å². The normalized spacial score (nSPS) is 12.7. The molecule has 4 heteroatoms. The van der Waals surface area contributed by atoms with E-state index in [0.29, 0.717) is 0 Å². The van der Waals surface area contributed by atoms with Crippen LogP contribution in [0, 0.1) is 13.8 Å². The van der Waals surface area contributed by atoms with Crippen molar-refractivity contribution in [1.82, 2.24) is 10.3 Å². The molecule has 1 aromatic carbocycles. The zero-order valence-electron chi connectivity index (χ0n) is 10.8. The van der Waals surface area contributed by atoms with Crippen molar-refractivity contribution in [2.24, 2.45) is 0 Å². The molecule has 96 valence electrons. The predicted octanol–water partition coefficient (Wildman–Crippen LogP) is 4.26. The van der Waals surface area contributed by atoms with Crippen LogP contribution in [0.2, 0.25) is 5.02 Å². The number of rotatable bonds is 4. The van der Waals surface area contributed by atoms with E-state index in [9.17, 15) is 0 Å². The van der Waals surface area contributed by atoms with Gasteiger partial charge in [0.05, 0.1) is 10.7 Å². The number of hydrogen-bond acceptors (Lipinski definition) is 3. The molecule has 0 bridgehead atoms. The summed E-state index contributed by atoms with van der Waals surface area (Å²) in [6.07, 6.45) is 0. The van der Waals surface area contributed by atoms with Crippen LogP contribution in [-0.2, 0) is 6.54 Å². The Morgan fingerprint density at radius 3 is 2.78 bits per heavy atom. The summed E-state index contributed by atoms with van der Waals surface area (Å²) in [5, 5.41) is 5.42. The Hall–Kier alpha value is -0.900. The Balaban J connectivity index is 2.00. The maximum Gasteiger partial charge on any atom is 0.0900 e. The molecule has 1 atom stereocenters. The van der Waals surface area contributed by atoms with Crippen LogP contribution < -0.4 is 5.32 Å². The van der Waals surface area contributed by atoms with Gasteiger partial charge in [0, 0.05) is 22.5 Å². The molecule has 0 radical (unpaired) electrons.